The summed E-state index contributed by atoms with van der Waals surface area (Å²) in [5.74, 6) is -0.844. The van der Waals surface area contributed by atoms with Gasteiger partial charge in [0, 0.05) is 12.2 Å². The van der Waals surface area contributed by atoms with Gasteiger partial charge in [0.05, 0.1) is 0 Å². The largest absolute Gasteiger partial charge is 0.480 e. The summed E-state index contributed by atoms with van der Waals surface area (Å²) < 4.78 is 0. The highest BCUT2D eigenvalue weighted by atomic mass is 16.4. The molecule has 1 aromatic rings. The van der Waals surface area contributed by atoms with Crippen LogP contribution in [0.4, 0.5) is 5.69 Å². The molecule has 1 atom stereocenters. The fraction of sp³-hybridized carbons (Fsp3) is 0.417. The second-order valence-corrected chi connectivity index (χ2v) is 3.57. The molecule has 0 aliphatic rings. The molecule has 0 saturated carbocycles. The fourth-order valence-corrected chi connectivity index (χ4v) is 1.53. The molecule has 16 heavy (non-hydrogen) atoms. The number of aliphatic carboxylic acids is 1. The quantitative estimate of drug-likeness (QED) is 0.679. The van der Waals surface area contributed by atoms with Gasteiger partial charge >= 0.3 is 5.97 Å². The molecule has 0 aromatic heterocycles. The molecule has 0 saturated heterocycles. The monoisotopic (exact) mass is 222 g/mol. The van der Waals surface area contributed by atoms with E-state index >= 15 is 0 Å². The number of hydrogen-bond acceptors (Lipinski definition) is 3. The number of para-hydroxylation sites is 1. The van der Waals surface area contributed by atoms with Gasteiger partial charge in [0.15, 0.2) is 0 Å². The molecule has 0 heterocycles. The minimum atomic E-state index is -0.844. The van der Waals surface area contributed by atoms with Crippen LogP contribution < -0.4 is 10.6 Å². The molecule has 0 aliphatic heterocycles. The zero-order valence-corrected chi connectivity index (χ0v) is 9.66. The number of aryl methyl sites for hydroxylation is 1. The zero-order valence-electron chi connectivity index (χ0n) is 9.66. The summed E-state index contributed by atoms with van der Waals surface area (Å²) >= 11 is 0. The third-order valence-corrected chi connectivity index (χ3v) is 2.54. The predicted molar refractivity (Wildman–Crippen MR) is 64.8 cm³/mol. The highest BCUT2D eigenvalue weighted by molar-refractivity contribution is 5.74. The molecule has 0 fully saturated rings. The average Bonchev–Trinajstić information content (AvgIpc) is 2.30. The van der Waals surface area contributed by atoms with Crippen molar-refractivity contribution in [3.8, 4) is 0 Å². The van der Waals surface area contributed by atoms with E-state index in [0.29, 0.717) is 6.54 Å². The smallest absolute Gasteiger partial charge is 0.322 e. The van der Waals surface area contributed by atoms with Crippen LogP contribution in [-0.4, -0.2) is 30.7 Å². The Morgan fingerprint density at radius 1 is 1.44 bits per heavy atom. The lowest BCUT2D eigenvalue weighted by Crippen LogP contribution is -2.39. The van der Waals surface area contributed by atoms with Crippen LogP contribution in [0.15, 0.2) is 24.3 Å². The number of rotatable bonds is 6. The Labute approximate surface area is 95.7 Å². The number of carboxylic acid groups (broad SMARTS) is 1. The van der Waals surface area contributed by atoms with Crippen LogP contribution in [-0.2, 0) is 11.2 Å². The lowest BCUT2D eigenvalue weighted by atomic mass is 10.1. The second-order valence-electron chi connectivity index (χ2n) is 3.57. The highest BCUT2D eigenvalue weighted by Crippen LogP contribution is 2.15. The SMILES string of the molecule is CCc1ccccc1NCC(NC)C(=O)O. The van der Waals surface area contributed by atoms with Crippen molar-refractivity contribution < 1.29 is 9.90 Å². The van der Waals surface area contributed by atoms with Crippen LogP contribution in [0.2, 0.25) is 0 Å². The molecular formula is C12H18N2O2. The molecule has 0 radical (unpaired) electrons. The van der Waals surface area contributed by atoms with E-state index in [1.54, 1.807) is 7.05 Å². The molecule has 0 spiro atoms. The maximum Gasteiger partial charge on any atom is 0.322 e. The van der Waals surface area contributed by atoms with E-state index in [9.17, 15) is 4.79 Å². The van der Waals surface area contributed by atoms with Crippen LogP contribution in [0, 0.1) is 0 Å². The van der Waals surface area contributed by atoms with Crippen molar-refractivity contribution in [1.82, 2.24) is 5.32 Å². The lowest BCUT2D eigenvalue weighted by molar-refractivity contribution is -0.138. The molecule has 0 aliphatic carbocycles. The van der Waals surface area contributed by atoms with Gasteiger partial charge in [0.2, 0.25) is 0 Å². The number of likely N-dealkylation sites (N-methyl/N-ethyl adjacent to an activating group) is 1. The van der Waals surface area contributed by atoms with Crippen molar-refractivity contribution in [2.45, 2.75) is 19.4 Å². The molecule has 1 aromatic carbocycles. The van der Waals surface area contributed by atoms with E-state index in [-0.39, 0.29) is 0 Å². The number of hydrogen-bond donors (Lipinski definition) is 3. The van der Waals surface area contributed by atoms with E-state index in [0.717, 1.165) is 12.1 Å². The minimum Gasteiger partial charge on any atom is -0.480 e. The first-order valence-corrected chi connectivity index (χ1v) is 5.40. The number of benzene rings is 1. The van der Waals surface area contributed by atoms with Crippen molar-refractivity contribution in [2.75, 3.05) is 18.9 Å². The molecule has 1 rings (SSSR count). The van der Waals surface area contributed by atoms with Gasteiger partial charge in [-0.05, 0) is 25.1 Å². The zero-order chi connectivity index (χ0) is 12.0. The molecular weight excluding hydrogens is 204 g/mol. The van der Waals surface area contributed by atoms with E-state index in [2.05, 4.69) is 17.6 Å². The maximum absolute atomic E-state index is 10.8. The fourth-order valence-electron chi connectivity index (χ4n) is 1.53. The van der Waals surface area contributed by atoms with Gasteiger partial charge in [0.1, 0.15) is 6.04 Å². The molecule has 1 unspecified atom stereocenters. The number of nitrogens with one attached hydrogen (secondary N) is 2. The molecule has 0 amide bonds. The average molecular weight is 222 g/mol. The summed E-state index contributed by atoms with van der Waals surface area (Å²) in [5, 5.41) is 14.8. The Hall–Kier alpha value is -1.55. The standard InChI is InChI=1S/C12H18N2O2/c1-3-9-6-4-5-7-10(9)14-8-11(13-2)12(15)16/h4-7,11,13-14H,3,8H2,1-2H3,(H,15,16). The first kappa shape index (κ1) is 12.5. The minimum absolute atomic E-state index is 0.378. The predicted octanol–water partition coefficient (Wildman–Crippen LogP) is 1.33. The Bertz CT molecular complexity index is 353. The van der Waals surface area contributed by atoms with Crippen LogP contribution >= 0.6 is 0 Å². The first-order chi connectivity index (χ1) is 7.69. The van der Waals surface area contributed by atoms with Crippen LogP contribution in [0.3, 0.4) is 0 Å². The van der Waals surface area contributed by atoms with Gasteiger partial charge in [0.25, 0.3) is 0 Å². The maximum atomic E-state index is 10.8. The van der Waals surface area contributed by atoms with Crippen molar-refractivity contribution in [3.05, 3.63) is 29.8 Å². The van der Waals surface area contributed by atoms with E-state index in [1.807, 2.05) is 24.3 Å². The van der Waals surface area contributed by atoms with Crippen LogP contribution in [0.5, 0.6) is 0 Å². The van der Waals surface area contributed by atoms with Gasteiger partial charge in [-0.1, -0.05) is 25.1 Å². The van der Waals surface area contributed by atoms with E-state index in [1.165, 1.54) is 5.56 Å². The van der Waals surface area contributed by atoms with E-state index in [4.69, 9.17) is 5.11 Å². The third kappa shape index (κ3) is 3.24. The van der Waals surface area contributed by atoms with Gasteiger partial charge in [-0.25, -0.2) is 0 Å². The summed E-state index contributed by atoms with van der Waals surface area (Å²) in [4.78, 5) is 10.8. The second kappa shape index (κ2) is 6.12. The third-order valence-electron chi connectivity index (χ3n) is 2.54. The Morgan fingerprint density at radius 3 is 2.69 bits per heavy atom. The Morgan fingerprint density at radius 2 is 2.12 bits per heavy atom. The molecule has 3 N–H and O–H groups in total. The van der Waals surface area contributed by atoms with Crippen LogP contribution in [0.25, 0.3) is 0 Å². The van der Waals surface area contributed by atoms with Crippen molar-refractivity contribution in [2.24, 2.45) is 0 Å². The van der Waals surface area contributed by atoms with Gasteiger partial charge in [-0.3, -0.25) is 4.79 Å². The van der Waals surface area contributed by atoms with E-state index < -0.39 is 12.0 Å². The summed E-state index contributed by atoms with van der Waals surface area (Å²) in [6.45, 7) is 2.45. The normalized spacial score (nSPS) is 12.1. The summed E-state index contributed by atoms with van der Waals surface area (Å²) in [6, 6.07) is 7.36. The molecule has 4 nitrogen and oxygen atoms in total. The van der Waals surface area contributed by atoms with Gasteiger partial charge in [-0.15, -0.1) is 0 Å². The summed E-state index contributed by atoms with van der Waals surface area (Å²) in [6.07, 6.45) is 0.931. The van der Waals surface area contributed by atoms with Gasteiger partial charge in [-0.2, -0.15) is 0 Å². The van der Waals surface area contributed by atoms with Crippen molar-refractivity contribution >= 4 is 11.7 Å². The lowest BCUT2D eigenvalue weighted by Gasteiger charge is -2.15. The molecule has 88 valence electrons. The molecule has 4 heteroatoms. The summed E-state index contributed by atoms with van der Waals surface area (Å²) in [5.41, 5.74) is 2.20. The van der Waals surface area contributed by atoms with Crippen LogP contribution in [0.1, 0.15) is 12.5 Å². The topological polar surface area (TPSA) is 61.4 Å². The Kier molecular flexibility index (Phi) is 4.79. The van der Waals surface area contributed by atoms with Crippen molar-refractivity contribution in [3.63, 3.8) is 0 Å². The highest BCUT2D eigenvalue weighted by Gasteiger charge is 2.14. The summed E-state index contributed by atoms with van der Waals surface area (Å²) in [7, 11) is 1.65. The first-order valence-electron chi connectivity index (χ1n) is 5.40. The number of anilines is 1. The number of carbonyl (C=O) groups is 1. The Balaban J connectivity index is 2.63. The van der Waals surface area contributed by atoms with Crippen molar-refractivity contribution in [1.29, 1.82) is 0 Å². The molecule has 0 bridgehead atoms. The van der Waals surface area contributed by atoms with Gasteiger partial charge < -0.3 is 15.7 Å². The number of carboxylic acids is 1.